The van der Waals surface area contributed by atoms with E-state index in [9.17, 15) is 4.79 Å². The molecule has 1 amide bonds. The number of likely N-dealkylation sites (tertiary alicyclic amines) is 1. The van der Waals surface area contributed by atoms with Gasteiger partial charge in [0.05, 0.1) is 23.9 Å². The van der Waals surface area contributed by atoms with Crippen LogP contribution in [0.2, 0.25) is 0 Å². The first-order valence-corrected chi connectivity index (χ1v) is 12.5. The van der Waals surface area contributed by atoms with Crippen molar-refractivity contribution in [1.82, 2.24) is 14.9 Å². The number of nitrogens with zero attached hydrogens (tertiary/aromatic N) is 4. The van der Waals surface area contributed by atoms with Crippen LogP contribution in [0, 0.1) is 19.8 Å². The van der Waals surface area contributed by atoms with Crippen molar-refractivity contribution in [1.29, 1.82) is 0 Å². The maximum Gasteiger partial charge on any atom is 0.226 e. The number of rotatable bonds is 5. The predicted octanol–water partition coefficient (Wildman–Crippen LogP) is 4.67. The summed E-state index contributed by atoms with van der Waals surface area (Å²) in [5.74, 6) is 1.20. The molecule has 2 aliphatic rings. The molecule has 0 N–H and O–H groups in total. The number of benzene rings is 2. The smallest absolute Gasteiger partial charge is 0.226 e. The van der Waals surface area contributed by atoms with Crippen molar-refractivity contribution in [2.24, 2.45) is 5.92 Å². The molecule has 0 bridgehead atoms. The molecular formula is C28H34N4O2. The lowest BCUT2D eigenvalue weighted by molar-refractivity contribution is -0.139. The number of anilines is 1. The van der Waals surface area contributed by atoms with E-state index in [0.29, 0.717) is 12.5 Å². The molecule has 2 saturated heterocycles. The molecule has 178 valence electrons. The Morgan fingerprint density at radius 1 is 0.941 bits per heavy atom. The van der Waals surface area contributed by atoms with Gasteiger partial charge in [0, 0.05) is 37.5 Å². The highest BCUT2D eigenvalue weighted by molar-refractivity contribution is 5.82. The summed E-state index contributed by atoms with van der Waals surface area (Å²) in [4.78, 5) is 27.1. The highest BCUT2D eigenvalue weighted by Gasteiger charge is 2.31. The molecular weight excluding hydrogens is 424 g/mol. The molecule has 0 aliphatic carbocycles. The van der Waals surface area contributed by atoms with Crippen LogP contribution in [0.15, 0.2) is 48.5 Å². The molecule has 0 atom stereocenters. The minimum absolute atomic E-state index is 0.0993. The topological polar surface area (TPSA) is 58.6 Å². The summed E-state index contributed by atoms with van der Waals surface area (Å²) in [5.41, 5.74) is 4.43. The van der Waals surface area contributed by atoms with Gasteiger partial charge in [0.2, 0.25) is 11.9 Å². The fourth-order valence-corrected chi connectivity index (χ4v) is 5.14. The van der Waals surface area contributed by atoms with E-state index in [1.54, 1.807) is 0 Å². The molecule has 2 fully saturated rings. The standard InChI is InChI=1S/C28H34N4O2/c1-20-8-9-26-25(18-20)21(2)29-28(30-26)32-14-10-23(11-15-32)27(33)31-16-12-24(13-17-31)34-19-22-6-4-3-5-7-22/h3-9,18,23-24H,10-17,19H2,1-2H3. The van der Waals surface area contributed by atoms with Crippen LogP contribution >= 0.6 is 0 Å². The van der Waals surface area contributed by atoms with Crippen molar-refractivity contribution >= 4 is 22.8 Å². The molecule has 6 nitrogen and oxygen atoms in total. The van der Waals surface area contributed by atoms with Gasteiger partial charge in [-0.05, 0) is 57.2 Å². The third-order valence-electron chi connectivity index (χ3n) is 7.24. The van der Waals surface area contributed by atoms with Crippen LogP contribution in [0.4, 0.5) is 5.95 Å². The summed E-state index contributed by atoms with van der Waals surface area (Å²) in [6, 6.07) is 16.6. The van der Waals surface area contributed by atoms with Crippen molar-refractivity contribution in [3.05, 3.63) is 65.4 Å². The van der Waals surface area contributed by atoms with Crippen molar-refractivity contribution in [3.8, 4) is 0 Å². The Hall–Kier alpha value is -2.99. The number of hydrogen-bond donors (Lipinski definition) is 0. The van der Waals surface area contributed by atoms with Gasteiger partial charge in [-0.1, -0.05) is 42.0 Å². The van der Waals surface area contributed by atoms with E-state index in [4.69, 9.17) is 14.7 Å². The fourth-order valence-electron chi connectivity index (χ4n) is 5.14. The first-order chi connectivity index (χ1) is 16.6. The molecule has 0 unspecified atom stereocenters. The molecule has 0 radical (unpaired) electrons. The van der Waals surface area contributed by atoms with Crippen molar-refractivity contribution in [2.75, 3.05) is 31.1 Å². The van der Waals surface area contributed by atoms with Gasteiger partial charge in [-0.2, -0.15) is 0 Å². The normalized spacial score (nSPS) is 17.9. The van der Waals surface area contributed by atoms with Crippen LogP contribution in [0.25, 0.3) is 10.9 Å². The zero-order chi connectivity index (χ0) is 23.5. The number of ether oxygens (including phenoxy) is 1. The number of fused-ring (bicyclic) bond motifs is 1. The number of carbonyl (C=O) groups is 1. The third-order valence-corrected chi connectivity index (χ3v) is 7.24. The van der Waals surface area contributed by atoms with E-state index < -0.39 is 0 Å². The van der Waals surface area contributed by atoms with Gasteiger partial charge >= 0.3 is 0 Å². The first kappa shape index (κ1) is 22.8. The molecule has 3 heterocycles. The van der Waals surface area contributed by atoms with Crippen LogP contribution in [0.5, 0.6) is 0 Å². The van der Waals surface area contributed by atoms with Gasteiger partial charge in [-0.25, -0.2) is 9.97 Å². The maximum absolute atomic E-state index is 13.2. The fraction of sp³-hybridized carbons (Fsp3) is 0.464. The summed E-state index contributed by atoms with van der Waals surface area (Å²) in [6.07, 6.45) is 3.79. The number of hydrogen-bond acceptors (Lipinski definition) is 5. The van der Waals surface area contributed by atoms with Gasteiger partial charge in [-0.15, -0.1) is 0 Å². The van der Waals surface area contributed by atoms with Crippen molar-refractivity contribution < 1.29 is 9.53 Å². The van der Waals surface area contributed by atoms with Crippen LogP contribution in [0.1, 0.15) is 42.5 Å². The number of piperidine rings is 2. The Bertz CT molecular complexity index is 1130. The van der Waals surface area contributed by atoms with Crippen LogP contribution < -0.4 is 4.90 Å². The summed E-state index contributed by atoms with van der Waals surface area (Å²) in [7, 11) is 0. The molecule has 0 spiro atoms. The van der Waals surface area contributed by atoms with Crippen molar-refractivity contribution in [2.45, 2.75) is 52.2 Å². The summed E-state index contributed by atoms with van der Waals surface area (Å²) < 4.78 is 6.09. The minimum atomic E-state index is 0.0993. The Labute approximate surface area is 202 Å². The van der Waals surface area contributed by atoms with Crippen LogP contribution in [-0.2, 0) is 16.1 Å². The lowest BCUT2D eigenvalue weighted by Gasteiger charge is -2.37. The average molecular weight is 459 g/mol. The van der Waals surface area contributed by atoms with E-state index in [-0.39, 0.29) is 12.0 Å². The second-order valence-corrected chi connectivity index (χ2v) is 9.71. The number of carbonyl (C=O) groups excluding carboxylic acids is 1. The molecule has 5 rings (SSSR count). The minimum Gasteiger partial charge on any atom is -0.373 e. The van der Waals surface area contributed by atoms with Gasteiger partial charge in [0.15, 0.2) is 0 Å². The second kappa shape index (κ2) is 10.1. The van der Waals surface area contributed by atoms with Crippen LogP contribution in [0.3, 0.4) is 0 Å². The highest BCUT2D eigenvalue weighted by Crippen LogP contribution is 2.27. The number of amides is 1. The quantitative estimate of drug-likeness (QED) is 0.556. The molecule has 1 aromatic heterocycles. The van der Waals surface area contributed by atoms with Crippen molar-refractivity contribution in [3.63, 3.8) is 0 Å². The van der Waals surface area contributed by atoms with E-state index >= 15 is 0 Å². The van der Waals surface area contributed by atoms with E-state index in [0.717, 1.165) is 74.4 Å². The first-order valence-electron chi connectivity index (χ1n) is 12.5. The van der Waals surface area contributed by atoms with E-state index in [2.05, 4.69) is 54.0 Å². The third kappa shape index (κ3) is 5.07. The zero-order valence-corrected chi connectivity index (χ0v) is 20.2. The summed E-state index contributed by atoms with van der Waals surface area (Å²) >= 11 is 0. The Kier molecular flexibility index (Phi) is 6.77. The molecule has 3 aromatic rings. The van der Waals surface area contributed by atoms with E-state index in [1.165, 1.54) is 11.1 Å². The SMILES string of the molecule is Cc1ccc2nc(N3CCC(C(=O)N4CCC(OCc5ccccc5)CC4)CC3)nc(C)c2c1. The largest absolute Gasteiger partial charge is 0.373 e. The monoisotopic (exact) mass is 458 g/mol. The zero-order valence-electron chi connectivity index (χ0n) is 20.2. The van der Waals surface area contributed by atoms with Gasteiger partial charge in [0.1, 0.15) is 0 Å². The Morgan fingerprint density at radius 3 is 2.41 bits per heavy atom. The number of aromatic nitrogens is 2. The lowest BCUT2D eigenvalue weighted by atomic mass is 9.94. The molecule has 0 saturated carbocycles. The molecule has 2 aromatic carbocycles. The lowest BCUT2D eigenvalue weighted by Crippen LogP contribution is -2.46. The Balaban J connectivity index is 1.12. The highest BCUT2D eigenvalue weighted by atomic mass is 16.5. The van der Waals surface area contributed by atoms with Gasteiger partial charge < -0.3 is 14.5 Å². The summed E-state index contributed by atoms with van der Waals surface area (Å²) in [5, 5.41) is 1.12. The van der Waals surface area contributed by atoms with E-state index in [1.807, 2.05) is 18.2 Å². The number of aryl methyl sites for hydroxylation is 2. The molecule has 2 aliphatic heterocycles. The Morgan fingerprint density at radius 2 is 1.68 bits per heavy atom. The van der Waals surface area contributed by atoms with Crippen LogP contribution in [-0.4, -0.2) is 53.1 Å². The summed E-state index contributed by atoms with van der Waals surface area (Å²) in [6.45, 7) is 8.03. The maximum atomic E-state index is 13.2. The molecule has 34 heavy (non-hydrogen) atoms. The van der Waals surface area contributed by atoms with Gasteiger partial charge in [0.25, 0.3) is 0 Å². The second-order valence-electron chi connectivity index (χ2n) is 9.71. The predicted molar refractivity (Wildman–Crippen MR) is 135 cm³/mol. The van der Waals surface area contributed by atoms with Gasteiger partial charge in [-0.3, -0.25) is 4.79 Å². The molecule has 6 heteroatoms. The average Bonchev–Trinajstić information content (AvgIpc) is 2.88.